The maximum absolute atomic E-state index is 6.03. The van der Waals surface area contributed by atoms with Gasteiger partial charge in [0.2, 0.25) is 0 Å². The van der Waals surface area contributed by atoms with E-state index in [1.54, 1.807) is 0 Å². The van der Waals surface area contributed by atoms with E-state index in [0.29, 0.717) is 4.75 Å². The monoisotopic (exact) mass is 384 g/mol. The van der Waals surface area contributed by atoms with Crippen molar-refractivity contribution in [2.75, 3.05) is 0 Å². The van der Waals surface area contributed by atoms with Gasteiger partial charge in [0.15, 0.2) is 0 Å². The number of aromatic nitrogens is 1. The molecular weight excluding hydrogens is 357 g/mol. The molecule has 4 heteroatoms. The third kappa shape index (κ3) is 3.02. The molecule has 1 aromatic heterocycles. The van der Waals surface area contributed by atoms with Crippen LogP contribution >= 0.6 is 0 Å². The molecule has 1 aromatic carbocycles. The molecule has 2 atom stereocenters. The van der Waals surface area contributed by atoms with Gasteiger partial charge < -0.3 is 0 Å². The van der Waals surface area contributed by atoms with Gasteiger partial charge in [-0.25, -0.2) is 0 Å². The third-order valence-electron chi connectivity index (χ3n) is 5.69. The Kier molecular flexibility index (Phi) is 5.39. The summed E-state index contributed by atoms with van der Waals surface area (Å²) < 4.78 is 0.405. The summed E-state index contributed by atoms with van der Waals surface area (Å²) in [5, 5.41) is 8.42. The molecule has 0 amide bonds. The molecule has 0 aliphatic carbocycles. The SMILES string of the molecule is C[CH2][Ge]([CH2]C)([CH2]C)[CH]1C(c2ccccn2)=NOC1c1ccccc1. The van der Waals surface area contributed by atoms with Gasteiger partial charge in [-0.3, -0.25) is 0 Å². The summed E-state index contributed by atoms with van der Waals surface area (Å²) in [4.78, 5) is 10.6. The zero-order valence-corrected chi connectivity index (χ0v) is 16.9. The van der Waals surface area contributed by atoms with Crippen molar-refractivity contribution < 1.29 is 4.84 Å². The van der Waals surface area contributed by atoms with E-state index in [4.69, 9.17) is 4.84 Å². The van der Waals surface area contributed by atoms with Gasteiger partial charge in [-0.05, 0) is 0 Å². The van der Waals surface area contributed by atoms with Gasteiger partial charge in [0.05, 0.1) is 0 Å². The van der Waals surface area contributed by atoms with E-state index in [0.717, 1.165) is 11.4 Å². The number of benzene rings is 1. The van der Waals surface area contributed by atoms with Crippen LogP contribution in [0.4, 0.5) is 0 Å². The summed E-state index contributed by atoms with van der Waals surface area (Å²) in [6, 6.07) is 16.6. The summed E-state index contributed by atoms with van der Waals surface area (Å²) in [5.74, 6) is 0. The second-order valence-electron chi connectivity index (χ2n) is 6.53. The van der Waals surface area contributed by atoms with E-state index < -0.39 is 13.3 Å². The molecule has 0 spiro atoms. The molecular formula is C20H26GeN2O. The van der Waals surface area contributed by atoms with Crippen LogP contribution in [0.3, 0.4) is 0 Å². The molecule has 0 radical (unpaired) electrons. The van der Waals surface area contributed by atoms with E-state index in [1.807, 2.05) is 18.3 Å². The molecule has 3 rings (SSSR count). The van der Waals surface area contributed by atoms with Gasteiger partial charge in [0.25, 0.3) is 0 Å². The summed E-state index contributed by atoms with van der Waals surface area (Å²) in [6.07, 6.45) is 1.89. The number of hydrogen-bond acceptors (Lipinski definition) is 3. The minimum atomic E-state index is -2.18. The van der Waals surface area contributed by atoms with Gasteiger partial charge in [0, 0.05) is 0 Å². The van der Waals surface area contributed by atoms with E-state index in [2.05, 4.69) is 67.3 Å². The van der Waals surface area contributed by atoms with Crippen molar-refractivity contribution in [2.45, 2.75) is 47.4 Å². The van der Waals surface area contributed by atoms with E-state index in [9.17, 15) is 0 Å². The van der Waals surface area contributed by atoms with E-state index in [-0.39, 0.29) is 6.10 Å². The van der Waals surface area contributed by atoms with Crippen LogP contribution in [0.5, 0.6) is 0 Å². The van der Waals surface area contributed by atoms with Crippen molar-refractivity contribution in [1.29, 1.82) is 0 Å². The summed E-state index contributed by atoms with van der Waals surface area (Å²) in [5.41, 5.74) is 3.30. The van der Waals surface area contributed by atoms with Crippen LogP contribution in [-0.4, -0.2) is 24.0 Å². The number of oxime groups is 1. The predicted molar refractivity (Wildman–Crippen MR) is 102 cm³/mol. The fraction of sp³-hybridized carbons (Fsp3) is 0.400. The molecule has 24 heavy (non-hydrogen) atoms. The van der Waals surface area contributed by atoms with Gasteiger partial charge in [-0.2, -0.15) is 0 Å². The molecule has 1 aliphatic heterocycles. The molecule has 0 bridgehead atoms. The zero-order valence-electron chi connectivity index (χ0n) is 14.8. The van der Waals surface area contributed by atoms with Crippen LogP contribution in [0.15, 0.2) is 59.9 Å². The van der Waals surface area contributed by atoms with Crippen LogP contribution in [0.25, 0.3) is 0 Å². The number of nitrogens with zero attached hydrogens (tertiary/aromatic N) is 2. The molecule has 3 nitrogen and oxygen atoms in total. The molecule has 0 saturated carbocycles. The molecule has 0 saturated heterocycles. The van der Waals surface area contributed by atoms with Crippen molar-refractivity contribution in [3.8, 4) is 0 Å². The van der Waals surface area contributed by atoms with Crippen molar-refractivity contribution in [2.24, 2.45) is 5.16 Å². The second-order valence-corrected chi connectivity index (χ2v) is 18.0. The number of rotatable bonds is 6. The van der Waals surface area contributed by atoms with Crippen molar-refractivity contribution in [1.82, 2.24) is 4.98 Å². The fourth-order valence-corrected chi connectivity index (χ4v) is 13.4. The second kappa shape index (κ2) is 7.51. The average molecular weight is 383 g/mol. The zero-order chi connectivity index (χ0) is 17.0. The van der Waals surface area contributed by atoms with Crippen molar-refractivity contribution in [3.05, 3.63) is 66.0 Å². The number of pyridine rings is 1. The van der Waals surface area contributed by atoms with Gasteiger partial charge in [0.1, 0.15) is 0 Å². The normalized spacial score (nSPS) is 20.5. The summed E-state index contributed by atoms with van der Waals surface area (Å²) >= 11 is -2.18. The first kappa shape index (κ1) is 17.2. The van der Waals surface area contributed by atoms with Crippen molar-refractivity contribution in [3.63, 3.8) is 0 Å². The molecule has 1 aliphatic rings. The van der Waals surface area contributed by atoms with Gasteiger partial charge in [-0.1, -0.05) is 0 Å². The Balaban J connectivity index is 2.07. The average Bonchev–Trinajstić information content (AvgIpc) is 3.11. The minimum absolute atomic E-state index is 0.0445. The Labute approximate surface area is 147 Å². The van der Waals surface area contributed by atoms with Crippen LogP contribution in [0.2, 0.25) is 20.5 Å². The molecule has 0 N–H and O–H groups in total. The third-order valence-corrected chi connectivity index (χ3v) is 18.5. The molecule has 2 aromatic rings. The van der Waals surface area contributed by atoms with Gasteiger partial charge in [-0.15, -0.1) is 0 Å². The quantitative estimate of drug-likeness (QED) is 0.623. The van der Waals surface area contributed by atoms with E-state index >= 15 is 0 Å². The van der Waals surface area contributed by atoms with Crippen LogP contribution in [0.1, 0.15) is 38.1 Å². The standard InChI is InChI=1S/C20H26GeN2O/c1-4-21(5-2,6-3)18-19(17-14-10-11-15-22-17)23-24-20(18)16-12-8-7-9-13-16/h7-15,18,20H,4-6H2,1-3H3. The topological polar surface area (TPSA) is 34.5 Å². The first-order chi connectivity index (χ1) is 11.8. The molecule has 0 fully saturated rings. The maximum atomic E-state index is 6.03. The molecule has 2 heterocycles. The van der Waals surface area contributed by atoms with Crippen molar-refractivity contribution >= 4 is 19.0 Å². The Morgan fingerprint density at radius 1 is 0.917 bits per heavy atom. The van der Waals surface area contributed by atoms with E-state index in [1.165, 1.54) is 21.3 Å². The fourth-order valence-electron chi connectivity index (χ4n) is 4.01. The Morgan fingerprint density at radius 3 is 2.17 bits per heavy atom. The first-order valence-electron chi connectivity index (χ1n) is 8.95. The summed E-state index contributed by atoms with van der Waals surface area (Å²) in [7, 11) is 0. The summed E-state index contributed by atoms with van der Waals surface area (Å²) in [6.45, 7) is 7.09. The molecule has 2 unspecified atom stereocenters. The number of hydrogen-bond donors (Lipinski definition) is 0. The predicted octanol–water partition coefficient (Wildman–Crippen LogP) is 5.44. The molecule has 126 valence electrons. The Morgan fingerprint density at radius 2 is 1.58 bits per heavy atom. The Hall–Kier alpha value is -1.62. The van der Waals surface area contributed by atoms with Crippen LogP contribution < -0.4 is 0 Å². The Bertz CT molecular complexity index is 675. The van der Waals surface area contributed by atoms with Crippen LogP contribution in [-0.2, 0) is 4.84 Å². The van der Waals surface area contributed by atoms with Gasteiger partial charge >= 0.3 is 147 Å². The van der Waals surface area contributed by atoms with Crippen LogP contribution in [0, 0.1) is 0 Å². The first-order valence-corrected chi connectivity index (χ1v) is 14.6.